The van der Waals surface area contributed by atoms with Crippen LogP contribution in [0.25, 0.3) is 0 Å². The molecule has 0 fully saturated rings. The summed E-state index contributed by atoms with van der Waals surface area (Å²) in [6, 6.07) is 13.4. The Morgan fingerprint density at radius 2 is 1.68 bits per heavy atom. The first-order valence-electron chi connectivity index (χ1n) is 8.47. The van der Waals surface area contributed by atoms with Crippen LogP contribution in [0, 0.1) is 0 Å². The van der Waals surface area contributed by atoms with Crippen LogP contribution >= 0.6 is 0 Å². The number of anilines is 2. The Balaban J connectivity index is 2.03. The van der Waals surface area contributed by atoms with Crippen molar-refractivity contribution < 1.29 is 14.3 Å². The molecule has 2 rings (SSSR count). The van der Waals surface area contributed by atoms with Crippen LogP contribution in [0.5, 0.6) is 11.5 Å². The molecule has 0 aliphatic heterocycles. The van der Waals surface area contributed by atoms with Gasteiger partial charge in [-0.05, 0) is 44.2 Å². The largest absolute Gasteiger partial charge is 0.497 e. The van der Waals surface area contributed by atoms with Crippen LogP contribution in [0.15, 0.2) is 42.5 Å². The van der Waals surface area contributed by atoms with E-state index in [1.54, 1.807) is 20.3 Å². The van der Waals surface area contributed by atoms with Crippen LogP contribution in [0.2, 0.25) is 0 Å². The zero-order valence-electron chi connectivity index (χ0n) is 15.3. The van der Waals surface area contributed by atoms with Crippen molar-refractivity contribution in [1.82, 2.24) is 0 Å². The summed E-state index contributed by atoms with van der Waals surface area (Å²) in [5, 5.41) is 2.93. The summed E-state index contributed by atoms with van der Waals surface area (Å²) in [7, 11) is 3.19. The zero-order chi connectivity index (χ0) is 18.2. The van der Waals surface area contributed by atoms with E-state index in [4.69, 9.17) is 9.47 Å². The molecule has 0 radical (unpaired) electrons. The smallest absolute Gasteiger partial charge is 0.228 e. The second kappa shape index (κ2) is 8.97. The molecule has 2 aromatic carbocycles. The molecule has 1 amide bonds. The van der Waals surface area contributed by atoms with Crippen molar-refractivity contribution >= 4 is 17.3 Å². The molecule has 25 heavy (non-hydrogen) atoms. The SMILES string of the molecule is CCN(CC)c1ccc(NC(=O)Cc2ccc(OC)cc2OC)cc1. The molecule has 5 nitrogen and oxygen atoms in total. The highest BCUT2D eigenvalue weighted by atomic mass is 16.5. The van der Waals surface area contributed by atoms with E-state index >= 15 is 0 Å². The number of ether oxygens (including phenoxy) is 2. The maximum Gasteiger partial charge on any atom is 0.228 e. The fraction of sp³-hybridized carbons (Fsp3) is 0.350. The summed E-state index contributed by atoms with van der Waals surface area (Å²) in [5.74, 6) is 1.26. The fourth-order valence-electron chi connectivity index (χ4n) is 2.72. The van der Waals surface area contributed by atoms with Crippen LogP contribution in [0.3, 0.4) is 0 Å². The summed E-state index contributed by atoms with van der Waals surface area (Å²) in [6.07, 6.45) is 0.241. The first kappa shape index (κ1) is 18.6. The van der Waals surface area contributed by atoms with Crippen molar-refractivity contribution in [1.29, 1.82) is 0 Å². The predicted molar refractivity (Wildman–Crippen MR) is 102 cm³/mol. The fourth-order valence-corrected chi connectivity index (χ4v) is 2.72. The summed E-state index contributed by atoms with van der Waals surface area (Å²) in [5.41, 5.74) is 2.76. The van der Waals surface area contributed by atoms with Gasteiger partial charge in [0.1, 0.15) is 11.5 Å². The van der Waals surface area contributed by atoms with E-state index in [1.807, 2.05) is 36.4 Å². The third-order valence-electron chi connectivity index (χ3n) is 4.12. The Morgan fingerprint density at radius 1 is 1.00 bits per heavy atom. The van der Waals surface area contributed by atoms with Crippen molar-refractivity contribution in [2.24, 2.45) is 0 Å². The van der Waals surface area contributed by atoms with Crippen LogP contribution in [0.4, 0.5) is 11.4 Å². The van der Waals surface area contributed by atoms with Gasteiger partial charge in [0.15, 0.2) is 0 Å². The number of hydrogen-bond acceptors (Lipinski definition) is 4. The molecule has 1 N–H and O–H groups in total. The van der Waals surface area contributed by atoms with Crippen molar-refractivity contribution in [2.75, 3.05) is 37.5 Å². The summed E-state index contributed by atoms with van der Waals surface area (Å²) in [6.45, 7) is 6.17. The van der Waals surface area contributed by atoms with E-state index in [0.717, 1.165) is 30.0 Å². The minimum Gasteiger partial charge on any atom is -0.497 e. The lowest BCUT2D eigenvalue weighted by atomic mass is 10.1. The number of rotatable bonds is 8. The Morgan fingerprint density at radius 3 is 2.24 bits per heavy atom. The van der Waals surface area contributed by atoms with Gasteiger partial charge < -0.3 is 19.7 Å². The highest BCUT2D eigenvalue weighted by Crippen LogP contribution is 2.25. The molecular formula is C20H26N2O3. The molecule has 2 aromatic rings. The van der Waals surface area contributed by atoms with Gasteiger partial charge in [0.25, 0.3) is 0 Å². The van der Waals surface area contributed by atoms with Crippen LogP contribution in [-0.4, -0.2) is 33.2 Å². The highest BCUT2D eigenvalue weighted by molar-refractivity contribution is 5.92. The lowest BCUT2D eigenvalue weighted by Gasteiger charge is -2.21. The lowest BCUT2D eigenvalue weighted by molar-refractivity contribution is -0.115. The third-order valence-corrected chi connectivity index (χ3v) is 4.12. The minimum atomic E-state index is -0.0842. The maximum atomic E-state index is 12.3. The van der Waals surface area contributed by atoms with Gasteiger partial charge in [-0.2, -0.15) is 0 Å². The second-order valence-electron chi connectivity index (χ2n) is 5.62. The molecule has 0 aliphatic carbocycles. The molecule has 0 atom stereocenters. The van der Waals surface area contributed by atoms with Crippen molar-refractivity contribution in [3.05, 3.63) is 48.0 Å². The second-order valence-corrected chi connectivity index (χ2v) is 5.62. The monoisotopic (exact) mass is 342 g/mol. The summed E-state index contributed by atoms with van der Waals surface area (Å²) < 4.78 is 10.5. The zero-order valence-corrected chi connectivity index (χ0v) is 15.3. The Kier molecular flexibility index (Phi) is 6.69. The number of hydrogen-bond donors (Lipinski definition) is 1. The molecular weight excluding hydrogens is 316 g/mol. The van der Waals surface area contributed by atoms with Crippen molar-refractivity contribution in [2.45, 2.75) is 20.3 Å². The number of amides is 1. The number of benzene rings is 2. The van der Waals surface area contributed by atoms with Gasteiger partial charge in [-0.1, -0.05) is 6.07 Å². The van der Waals surface area contributed by atoms with E-state index in [-0.39, 0.29) is 12.3 Å². The molecule has 0 saturated carbocycles. The Hall–Kier alpha value is -2.69. The molecule has 5 heteroatoms. The van der Waals surface area contributed by atoms with Crippen LogP contribution in [-0.2, 0) is 11.2 Å². The molecule has 0 aromatic heterocycles. The van der Waals surface area contributed by atoms with E-state index in [0.29, 0.717) is 11.5 Å². The number of carbonyl (C=O) groups excluding carboxylic acids is 1. The number of nitrogens with zero attached hydrogens (tertiary/aromatic N) is 1. The van der Waals surface area contributed by atoms with Gasteiger partial charge in [0.05, 0.1) is 20.6 Å². The standard InChI is InChI=1S/C20H26N2O3/c1-5-22(6-2)17-10-8-16(9-11-17)21-20(23)13-15-7-12-18(24-3)14-19(15)25-4/h7-12,14H,5-6,13H2,1-4H3,(H,21,23). The van der Waals surface area contributed by atoms with Gasteiger partial charge >= 0.3 is 0 Å². The van der Waals surface area contributed by atoms with Gasteiger partial charge in [-0.3, -0.25) is 4.79 Å². The first-order valence-corrected chi connectivity index (χ1v) is 8.47. The van der Waals surface area contributed by atoms with Gasteiger partial charge in [0, 0.05) is 36.1 Å². The Bertz CT molecular complexity index is 695. The van der Waals surface area contributed by atoms with Crippen LogP contribution < -0.4 is 19.7 Å². The summed E-state index contributed by atoms with van der Waals surface area (Å²) >= 11 is 0. The van der Waals surface area contributed by atoms with Crippen LogP contribution in [0.1, 0.15) is 19.4 Å². The maximum absolute atomic E-state index is 12.3. The number of nitrogens with one attached hydrogen (secondary N) is 1. The molecule has 0 unspecified atom stereocenters. The van der Waals surface area contributed by atoms with E-state index in [2.05, 4.69) is 24.1 Å². The average molecular weight is 342 g/mol. The first-order chi connectivity index (χ1) is 12.1. The summed E-state index contributed by atoms with van der Waals surface area (Å²) in [4.78, 5) is 14.6. The minimum absolute atomic E-state index is 0.0842. The highest BCUT2D eigenvalue weighted by Gasteiger charge is 2.11. The third kappa shape index (κ3) is 4.89. The predicted octanol–water partition coefficient (Wildman–Crippen LogP) is 3.73. The molecule has 0 bridgehead atoms. The Labute approximate surface area is 149 Å². The molecule has 134 valence electrons. The van der Waals surface area contributed by atoms with E-state index in [9.17, 15) is 4.79 Å². The lowest BCUT2D eigenvalue weighted by Crippen LogP contribution is -2.21. The van der Waals surface area contributed by atoms with Gasteiger partial charge in [-0.15, -0.1) is 0 Å². The van der Waals surface area contributed by atoms with E-state index < -0.39 is 0 Å². The molecule has 0 heterocycles. The number of methoxy groups -OCH3 is 2. The molecule has 0 aliphatic rings. The van der Waals surface area contributed by atoms with Gasteiger partial charge in [0.2, 0.25) is 5.91 Å². The van der Waals surface area contributed by atoms with Gasteiger partial charge in [-0.25, -0.2) is 0 Å². The molecule has 0 saturated heterocycles. The van der Waals surface area contributed by atoms with E-state index in [1.165, 1.54) is 0 Å². The molecule has 0 spiro atoms. The average Bonchev–Trinajstić information content (AvgIpc) is 2.64. The number of carbonyl (C=O) groups is 1. The normalized spacial score (nSPS) is 10.2. The van der Waals surface area contributed by atoms with Crippen molar-refractivity contribution in [3.8, 4) is 11.5 Å². The van der Waals surface area contributed by atoms with Crippen molar-refractivity contribution in [3.63, 3.8) is 0 Å². The quantitative estimate of drug-likeness (QED) is 0.794. The topological polar surface area (TPSA) is 50.8 Å².